The Labute approximate surface area is 364 Å². The number of likely N-dealkylation sites (tertiary alicyclic amines) is 2. The van der Waals surface area contributed by atoms with Crippen LogP contribution in [0.5, 0.6) is 11.5 Å². The molecule has 1 unspecified atom stereocenters. The number of ether oxygens (including phenoxy) is 1. The number of para-hydroxylation sites is 1. The summed E-state index contributed by atoms with van der Waals surface area (Å²) in [6.45, 7) is 4.69. The third-order valence-electron chi connectivity index (χ3n) is 12.0. The van der Waals surface area contributed by atoms with Gasteiger partial charge in [-0.3, -0.25) is 33.7 Å². The van der Waals surface area contributed by atoms with Crippen molar-refractivity contribution < 1.29 is 42.2 Å². The molecular weight excluding hydrogens is 836 g/mol. The number of hydrogen-bond donors (Lipinski definition) is 3. The van der Waals surface area contributed by atoms with Crippen LogP contribution in [0.2, 0.25) is 0 Å². The van der Waals surface area contributed by atoms with E-state index in [-0.39, 0.29) is 35.8 Å². The quantitative estimate of drug-likeness (QED) is 0.153. The van der Waals surface area contributed by atoms with Crippen molar-refractivity contribution in [3.8, 4) is 29.0 Å². The predicted octanol–water partition coefficient (Wildman–Crippen LogP) is 4.50. The number of nitrogen functional groups attached to an aromatic ring is 1. The second-order valence-electron chi connectivity index (χ2n) is 16.0. The number of anilines is 1. The summed E-state index contributed by atoms with van der Waals surface area (Å²) >= 11 is 0. The molecule has 4 aliphatic rings. The zero-order valence-electron chi connectivity index (χ0n) is 34.5. The molecule has 0 saturated carbocycles. The number of alkyl halides is 3. The Morgan fingerprint density at radius 3 is 2.22 bits per heavy atom. The molecule has 0 aliphatic carbocycles. The summed E-state index contributed by atoms with van der Waals surface area (Å²) in [7, 11) is 0. The molecule has 3 saturated heterocycles. The number of carbonyl (C=O) groups is 4. The lowest BCUT2D eigenvalue weighted by molar-refractivity contribution is -0.192. The molecule has 2 aromatic heterocycles. The topological polar surface area (TPSA) is 198 Å². The van der Waals surface area contributed by atoms with Crippen molar-refractivity contribution in [2.75, 3.05) is 38.5 Å². The van der Waals surface area contributed by atoms with Gasteiger partial charge in [-0.1, -0.05) is 30.0 Å². The predicted molar refractivity (Wildman–Crippen MR) is 226 cm³/mol. The molecular formula is C45H44F3N9O7. The number of piperidine rings is 3. The monoisotopic (exact) mass is 879 g/mol. The maximum absolute atomic E-state index is 14.2. The van der Waals surface area contributed by atoms with E-state index in [0.29, 0.717) is 53.7 Å². The number of fused-ring (bicyclic) bond motifs is 2. The first-order chi connectivity index (χ1) is 30.7. The molecule has 0 bridgehead atoms. The Morgan fingerprint density at radius 1 is 0.875 bits per heavy atom. The number of nitrogens with two attached hydrogens (primary N) is 1. The van der Waals surface area contributed by atoms with Gasteiger partial charge in [-0.25, -0.2) is 19.6 Å². The average molecular weight is 880 g/mol. The van der Waals surface area contributed by atoms with Crippen molar-refractivity contribution in [3.05, 3.63) is 106 Å². The number of benzene rings is 3. The number of imide groups is 1. The Kier molecular flexibility index (Phi) is 12.5. The van der Waals surface area contributed by atoms with E-state index in [2.05, 4.69) is 36.9 Å². The van der Waals surface area contributed by atoms with Gasteiger partial charge in [0, 0.05) is 62.4 Å². The Balaban J connectivity index is 0.000000741. The lowest BCUT2D eigenvalue weighted by Crippen LogP contribution is -2.52. The highest BCUT2D eigenvalue weighted by Crippen LogP contribution is 2.32. The number of rotatable bonds is 7. The van der Waals surface area contributed by atoms with Crippen molar-refractivity contribution >= 4 is 40.7 Å². The van der Waals surface area contributed by atoms with E-state index in [1.165, 1.54) is 6.33 Å². The fourth-order valence-electron chi connectivity index (χ4n) is 8.78. The van der Waals surface area contributed by atoms with E-state index >= 15 is 0 Å². The van der Waals surface area contributed by atoms with Crippen LogP contribution in [-0.4, -0.2) is 114 Å². The van der Waals surface area contributed by atoms with E-state index < -0.39 is 24.1 Å². The third kappa shape index (κ3) is 9.33. The minimum absolute atomic E-state index is 0.0132. The number of carbonyl (C=O) groups excluding carboxylic acids is 3. The van der Waals surface area contributed by atoms with Gasteiger partial charge in [-0.2, -0.15) is 13.2 Å². The van der Waals surface area contributed by atoms with Crippen molar-refractivity contribution in [2.24, 2.45) is 0 Å². The normalized spacial score (nSPS) is 18.8. The highest BCUT2D eigenvalue weighted by atomic mass is 19.4. The number of amides is 3. The van der Waals surface area contributed by atoms with Crippen LogP contribution in [0.3, 0.4) is 0 Å². The summed E-state index contributed by atoms with van der Waals surface area (Å²) in [4.78, 5) is 75.4. The minimum Gasteiger partial charge on any atom is -0.475 e. The van der Waals surface area contributed by atoms with Crippen LogP contribution < -0.4 is 21.5 Å². The molecule has 4 aliphatic heterocycles. The highest BCUT2D eigenvalue weighted by molar-refractivity contribution is 6.05. The molecule has 4 N–H and O–H groups in total. The van der Waals surface area contributed by atoms with Gasteiger partial charge in [0.2, 0.25) is 11.8 Å². The standard InChI is InChI=1S/C43H43N9O5.C2HF3O2/c44-39-38-40(46-27-45-39)52(43(56)51(38)31-9-11-34(12-10-31)57-33-6-2-1-3-7-33)32-18-23-49(24-19-32)30-16-21-48(22-17-30)20-4-5-28-8-13-35-29(25-28)26-50(42(35)55)36-14-15-37(53)47-41(36)54;3-2(4,5)1(6)7/h1-3,6-13,25,27,30,32,36H,14-24,26H2,(H2,44,45,46)(H,47,53,54);(H,6,7). The number of nitrogens with zero attached hydrogens (tertiary/aromatic N) is 7. The minimum atomic E-state index is -5.08. The maximum Gasteiger partial charge on any atom is 0.490 e. The summed E-state index contributed by atoms with van der Waals surface area (Å²) < 4.78 is 41.1. The summed E-state index contributed by atoms with van der Waals surface area (Å²) in [6, 6.07) is 22.4. The van der Waals surface area contributed by atoms with Gasteiger partial charge in [-0.05, 0) is 92.3 Å². The number of aromatic nitrogens is 4. The second kappa shape index (κ2) is 18.4. The number of carboxylic acid groups (broad SMARTS) is 1. The summed E-state index contributed by atoms with van der Waals surface area (Å²) in [6.07, 6.45) is 0.678. The van der Waals surface area contributed by atoms with Gasteiger partial charge in [0.05, 0.1) is 12.2 Å². The first-order valence-corrected chi connectivity index (χ1v) is 20.8. The summed E-state index contributed by atoms with van der Waals surface area (Å²) in [5.74, 6) is 4.62. The zero-order chi connectivity index (χ0) is 45.1. The lowest BCUT2D eigenvalue weighted by atomic mass is 9.97. The van der Waals surface area contributed by atoms with Gasteiger partial charge in [0.1, 0.15) is 29.4 Å². The Morgan fingerprint density at radius 2 is 1.55 bits per heavy atom. The molecule has 6 heterocycles. The smallest absolute Gasteiger partial charge is 0.475 e. The van der Waals surface area contributed by atoms with Crippen LogP contribution in [0.1, 0.15) is 66.1 Å². The third-order valence-corrected chi connectivity index (χ3v) is 12.0. The molecule has 0 radical (unpaired) electrons. The first kappa shape index (κ1) is 43.6. The molecule has 64 heavy (non-hydrogen) atoms. The van der Waals surface area contributed by atoms with Crippen molar-refractivity contribution in [3.63, 3.8) is 0 Å². The van der Waals surface area contributed by atoms with E-state index in [0.717, 1.165) is 68.7 Å². The Bertz CT molecular complexity index is 2700. The molecule has 332 valence electrons. The molecule has 3 aromatic carbocycles. The maximum atomic E-state index is 14.2. The molecule has 16 nitrogen and oxygen atoms in total. The highest BCUT2D eigenvalue weighted by Gasteiger charge is 2.40. The number of carboxylic acids is 1. The van der Waals surface area contributed by atoms with Gasteiger partial charge in [-0.15, -0.1) is 0 Å². The molecule has 3 fully saturated rings. The first-order valence-electron chi connectivity index (χ1n) is 20.8. The molecule has 5 aromatic rings. The van der Waals surface area contributed by atoms with Crippen molar-refractivity contribution in [2.45, 2.75) is 69.4 Å². The number of aliphatic carboxylic acids is 1. The average Bonchev–Trinajstić information content (AvgIpc) is 3.77. The van der Waals surface area contributed by atoms with Gasteiger partial charge >= 0.3 is 17.8 Å². The Hall–Kier alpha value is -7.04. The van der Waals surface area contributed by atoms with Crippen LogP contribution in [0.15, 0.2) is 83.9 Å². The fourth-order valence-corrected chi connectivity index (χ4v) is 8.78. The number of halogens is 3. The molecule has 19 heteroatoms. The number of imidazole rings is 1. The largest absolute Gasteiger partial charge is 0.490 e. The molecule has 0 spiro atoms. The lowest BCUT2D eigenvalue weighted by Gasteiger charge is -2.41. The van der Waals surface area contributed by atoms with Crippen LogP contribution in [-0.2, 0) is 20.9 Å². The molecule has 1 atom stereocenters. The molecule has 3 amide bonds. The van der Waals surface area contributed by atoms with Crippen LogP contribution in [0.4, 0.5) is 19.0 Å². The van der Waals surface area contributed by atoms with Crippen molar-refractivity contribution in [1.29, 1.82) is 0 Å². The van der Waals surface area contributed by atoms with Crippen LogP contribution in [0, 0.1) is 11.8 Å². The summed E-state index contributed by atoms with van der Waals surface area (Å²) in [5.41, 5.74) is 10.2. The van der Waals surface area contributed by atoms with Crippen LogP contribution in [0.25, 0.3) is 16.9 Å². The number of nitrogens with one attached hydrogen (secondary N) is 1. The molecule has 9 rings (SSSR count). The second-order valence-corrected chi connectivity index (χ2v) is 16.0. The van der Waals surface area contributed by atoms with Gasteiger partial charge in [0.25, 0.3) is 5.91 Å². The van der Waals surface area contributed by atoms with E-state index in [4.69, 9.17) is 20.4 Å². The van der Waals surface area contributed by atoms with E-state index in [1.54, 1.807) is 15.5 Å². The van der Waals surface area contributed by atoms with E-state index in [9.17, 15) is 32.3 Å². The summed E-state index contributed by atoms with van der Waals surface area (Å²) in [5, 5.41) is 9.47. The zero-order valence-corrected chi connectivity index (χ0v) is 34.5. The number of hydrogen-bond acceptors (Lipinski definition) is 11. The van der Waals surface area contributed by atoms with E-state index in [1.807, 2.05) is 71.3 Å². The van der Waals surface area contributed by atoms with Crippen LogP contribution >= 0.6 is 0 Å². The van der Waals surface area contributed by atoms with Gasteiger partial charge in [0.15, 0.2) is 11.5 Å². The van der Waals surface area contributed by atoms with Gasteiger partial charge < -0.3 is 25.4 Å². The van der Waals surface area contributed by atoms with Crippen molar-refractivity contribution in [1.82, 2.24) is 39.1 Å². The fraction of sp³-hybridized carbons (Fsp3) is 0.356. The SMILES string of the molecule is Nc1ncnc2c1n(-c1ccc(Oc3ccccc3)cc1)c(=O)n2C1CCN(C2CCN(CC#Cc3ccc4c(c3)CN(C3CCC(=O)NC3=O)C4=O)CC2)CC1.O=C(O)C(F)(F)F.